The fraction of sp³-hybridized carbons (Fsp3) is 0.333. The zero-order chi connectivity index (χ0) is 12.4. The quantitative estimate of drug-likeness (QED) is 0.622. The van der Waals surface area contributed by atoms with Gasteiger partial charge in [-0.15, -0.1) is 6.58 Å². The molecule has 0 radical (unpaired) electrons. The van der Waals surface area contributed by atoms with E-state index in [1.54, 1.807) is 23.1 Å². The standard InChI is InChI=1S/C12H12Cl2N2O/c1-2-7-16(8-3-4-8)12(17)9-5-6-10(13)15-11(9)14/h2,5-6,8H,1,3-4,7H2. The van der Waals surface area contributed by atoms with Crippen LogP contribution in [0.5, 0.6) is 0 Å². The number of amides is 1. The van der Waals surface area contributed by atoms with Crippen LogP contribution >= 0.6 is 23.2 Å². The second kappa shape index (κ2) is 5.07. The summed E-state index contributed by atoms with van der Waals surface area (Å²) >= 11 is 11.6. The van der Waals surface area contributed by atoms with Crippen molar-refractivity contribution in [1.29, 1.82) is 0 Å². The number of aromatic nitrogens is 1. The lowest BCUT2D eigenvalue weighted by Crippen LogP contribution is -2.33. The van der Waals surface area contributed by atoms with Crippen molar-refractivity contribution in [2.75, 3.05) is 6.54 Å². The molecule has 90 valence electrons. The Labute approximate surface area is 110 Å². The van der Waals surface area contributed by atoms with Crippen molar-refractivity contribution in [1.82, 2.24) is 9.88 Å². The Balaban J connectivity index is 2.24. The Bertz CT molecular complexity index is 458. The van der Waals surface area contributed by atoms with E-state index in [4.69, 9.17) is 23.2 Å². The van der Waals surface area contributed by atoms with Gasteiger partial charge in [-0.1, -0.05) is 29.3 Å². The zero-order valence-corrected chi connectivity index (χ0v) is 10.7. The van der Waals surface area contributed by atoms with Crippen LogP contribution in [0.25, 0.3) is 0 Å². The molecule has 1 aromatic rings. The molecular formula is C12H12Cl2N2O. The Morgan fingerprint density at radius 2 is 2.24 bits per heavy atom. The van der Waals surface area contributed by atoms with E-state index in [2.05, 4.69) is 11.6 Å². The fourth-order valence-corrected chi connectivity index (χ4v) is 2.08. The molecule has 0 unspecified atom stereocenters. The van der Waals surface area contributed by atoms with E-state index in [0.29, 0.717) is 18.2 Å². The molecule has 0 N–H and O–H groups in total. The molecule has 1 heterocycles. The van der Waals surface area contributed by atoms with Crippen LogP contribution in [0.2, 0.25) is 10.3 Å². The second-order valence-electron chi connectivity index (χ2n) is 3.95. The second-order valence-corrected chi connectivity index (χ2v) is 4.69. The first-order valence-electron chi connectivity index (χ1n) is 5.37. The third kappa shape index (κ3) is 2.79. The van der Waals surface area contributed by atoms with E-state index in [9.17, 15) is 4.79 Å². The van der Waals surface area contributed by atoms with Gasteiger partial charge in [0.15, 0.2) is 0 Å². The largest absolute Gasteiger partial charge is 0.332 e. The normalized spacial score (nSPS) is 14.5. The van der Waals surface area contributed by atoms with Crippen molar-refractivity contribution < 1.29 is 4.79 Å². The first kappa shape index (κ1) is 12.4. The molecule has 1 fully saturated rings. The lowest BCUT2D eigenvalue weighted by atomic mass is 10.2. The number of nitrogens with zero attached hydrogens (tertiary/aromatic N) is 2. The minimum absolute atomic E-state index is 0.110. The van der Waals surface area contributed by atoms with Crippen LogP contribution in [0, 0.1) is 0 Å². The van der Waals surface area contributed by atoms with Gasteiger partial charge in [-0.3, -0.25) is 4.79 Å². The highest BCUT2D eigenvalue weighted by atomic mass is 35.5. The molecule has 0 aromatic carbocycles. The summed E-state index contributed by atoms with van der Waals surface area (Å²) in [6.07, 6.45) is 3.80. The van der Waals surface area contributed by atoms with E-state index in [-0.39, 0.29) is 16.2 Å². The molecule has 0 bridgehead atoms. The third-order valence-corrected chi connectivity index (χ3v) is 3.12. The van der Waals surface area contributed by atoms with Gasteiger partial charge in [0.2, 0.25) is 0 Å². The topological polar surface area (TPSA) is 33.2 Å². The molecule has 1 aliphatic rings. The van der Waals surface area contributed by atoms with E-state index < -0.39 is 0 Å². The summed E-state index contributed by atoms with van der Waals surface area (Å²) < 4.78 is 0. The molecule has 0 saturated heterocycles. The Morgan fingerprint density at radius 1 is 1.53 bits per heavy atom. The maximum atomic E-state index is 12.3. The molecule has 1 saturated carbocycles. The van der Waals surface area contributed by atoms with E-state index in [1.807, 2.05) is 0 Å². The van der Waals surface area contributed by atoms with Crippen LogP contribution in [0.4, 0.5) is 0 Å². The highest BCUT2D eigenvalue weighted by Gasteiger charge is 2.33. The molecular weight excluding hydrogens is 259 g/mol. The summed E-state index contributed by atoms with van der Waals surface area (Å²) in [5.74, 6) is -0.110. The SMILES string of the molecule is C=CCN(C(=O)c1ccc(Cl)nc1Cl)C1CC1. The average molecular weight is 271 g/mol. The molecule has 0 atom stereocenters. The van der Waals surface area contributed by atoms with Gasteiger partial charge < -0.3 is 4.90 Å². The average Bonchev–Trinajstić information content (AvgIpc) is 3.09. The smallest absolute Gasteiger partial charge is 0.257 e. The number of pyridine rings is 1. The summed E-state index contributed by atoms with van der Waals surface area (Å²) in [5.41, 5.74) is 0.393. The van der Waals surface area contributed by atoms with Gasteiger partial charge in [0.1, 0.15) is 10.3 Å². The Kier molecular flexibility index (Phi) is 3.69. The van der Waals surface area contributed by atoms with Gasteiger partial charge in [-0.05, 0) is 25.0 Å². The van der Waals surface area contributed by atoms with Crippen molar-refractivity contribution in [2.45, 2.75) is 18.9 Å². The highest BCUT2D eigenvalue weighted by molar-refractivity contribution is 6.34. The predicted octanol–water partition coefficient (Wildman–Crippen LogP) is 3.18. The minimum Gasteiger partial charge on any atom is -0.332 e. The molecule has 0 aliphatic heterocycles. The number of rotatable bonds is 4. The Hall–Kier alpha value is -1.06. The van der Waals surface area contributed by atoms with Crippen LogP contribution < -0.4 is 0 Å². The molecule has 17 heavy (non-hydrogen) atoms. The lowest BCUT2D eigenvalue weighted by Gasteiger charge is -2.20. The van der Waals surface area contributed by atoms with Gasteiger partial charge in [0.25, 0.3) is 5.91 Å². The van der Waals surface area contributed by atoms with Gasteiger partial charge in [-0.2, -0.15) is 0 Å². The first-order valence-corrected chi connectivity index (χ1v) is 6.13. The monoisotopic (exact) mass is 270 g/mol. The van der Waals surface area contributed by atoms with Gasteiger partial charge in [0.05, 0.1) is 5.56 Å². The van der Waals surface area contributed by atoms with E-state index in [0.717, 1.165) is 12.8 Å². The highest BCUT2D eigenvalue weighted by Crippen LogP contribution is 2.29. The number of carbonyl (C=O) groups excluding carboxylic acids is 1. The minimum atomic E-state index is -0.110. The van der Waals surface area contributed by atoms with Crippen LogP contribution in [0.3, 0.4) is 0 Å². The van der Waals surface area contributed by atoms with Crippen molar-refractivity contribution in [3.8, 4) is 0 Å². The van der Waals surface area contributed by atoms with Gasteiger partial charge in [0, 0.05) is 12.6 Å². The fourth-order valence-electron chi connectivity index (χ4n) is 1.65. The molecule has 1 aromatic heterocycles. The number of hydrogen-bond donors (Lipinski definition) is 0. The van der Waals surface area contributed by atoms with E-state index >= 15 is 0 Å². The van der Waals surface area contributed by atoms with Gasteiger partial charge in [-0.25, -0.2) is 4.98 Å². The maximum Gasteiger partial charge on any atom is 0.257 e. The molecule has 0 spiro atoms. The van der Waals surface area contributed by atoms with Crippen LogP contribution in [-0.4, -0.2) is 28.4 Å². The number of hydrogen-bond acceptors (Lipinski definition) is 2. The summed E-state index contributed by atoms with van der Waals surface area (Å²) in [6, 6.07) is 3.49. The molecule has 5 heteroatoms. The molecule has 2 rings (SSSR count). The molecule has 3 nitrogen and oxygen atoms in total. The van der Waals surface area contributed by atoms with Crippen molar-refractivity contribution in [2.24, 2.45) is 0 Å². The van der Waals surface area contributed by atoms with E-state index in [1.165, 1.54) is 0 Å². The van der Waals surface area contributed by atoms with Crippen molar-refractivity contribution in [3.05, 3.63) is 40.7 Å². The third-order valence-electron chi connectivity index (χ3n) is 2.62. The molecule has 1 amide bonds. The van der Waals surface area contributed by atoms with Crippen LogP contribution in [-0.2, 0) is 0 Å². The number of carbonyl (C=O) groups is 1. The maximum absolute atomic E-state index is 12.3. The molecule has 1 aliphatic carbocycles. The Morgan fingerprint density at radius 3 is 2.76 bits per heavy atom. The van der Waals surface area contributed by atoms with Crippen LogP contribution in [0.1, 0.15) is 23.2 Å². The zero-order valence-electron chi connectivity index (χ0n) is 9.20. The summed E-state index contributed by atoms with van der Waals surface area (Å²) in [7, 11) is 0. The van der Waals surface area contributed by atoms with Crippen molar-refractivity contribution >= 4 is 29.1 Å². The summed E-state index contributed by atoms with van der Waals surface area (Å²) in [5, 5.41) is 0.436. The van der Waals surface area contributed by atoms with Crippen molar-refractivity contribution in [3.63, 3.8) is 0 Å². The first-order chi connectivity index (χ1) is 8.13. The van der Waals surface area contributed by atoms with Crippen LogP contribution in [0.15, 0.2) is 24.8 Å². The van der Waals surface area contributed by atoms with Gasteiger partial charge >= 0.3 is 0 Å². The summed E-state index contributed by atoms with van der Waals surface area (Å²) in [4.78, 5) is 17.9. The predicted molar refractivity (Wildman–Crippen MR) is 68.5 cm³/mol. The summed E-state index contributed by atoms with van der Waals surface area (Å²) in [6.45, 7) is 4.19. The number of halogens is 2. The lowest BCUT2D eigenvalue weighted by molar-refractivity contribution is 0.0762.